The van der Waals surface area contributed by atoms with Crippen molar-refractivity contribution < 1.29 is 9.53 Å². The summed E-state index contributed by atoms with van der Waals surface area (Å²) in [6.45, 7) is 0. The lowest BCUT2D eigenvalue weighted by Crippen LogP contribution is -2.11. The van der Waals surface area contributed by atoms with Gasteiger partial charge in [0.25, 0.3) is 0 Å². The Morgan fingerprint density at radius 1 is 1.44 bits per heavy atom. The molecule has 0 radical (unpaired) electrons. The van der Waals surface area contributed by atoms with Crippen molar-refractivity contribution >= 4 is 17.6 Å². The van der Waals surface area contributed by atoms with E-state index in [0.717, 1.165) is 0 Å². The van der Waals surface area contributed by atoms with Gasteiger partial charge in [-0.3, -0.25) is 0 Å². The highest BCUT2D eigenvalue weighted by Gasteiger charge is 2.15. The van der Waals surface area contributed by atoms with Gasteiger partial charge in [-0.1, -0.05) is 11.6 Å². The Balaban J connectivity index is 2.53. The first-order valence-electron chi connectivity index (χ1n) is 4.47. The molecule has 5 nitrogen and oxygen atoms in total. The Morgan fingerprint density at radius 2 is 2.25 bits per heavy atom. The summed E-state index contributed by atoms with van der Waals surface area (Å²) in [6, 6.07) is 4.91. The molecule has 0 aliphatic carbocycles. The minimum atomic E-state index is -0.487. The summed E-state index contributed by atoms with van der Waals surface area (Å²) in [7, 11) is 1.31. The molecule has 0 spiro atoms. The Kier molecular flexibility index (Phi) is 2.87. The van der Waals surface area contributed by atoms with Gasteiger partial charge in [0.05, 0.1) is 18.3 Å². The third-order valence-corrected chi connectivity index (χ3v) is 2.27. The number of ether oxygens (including phenoxy) is 1. The first-order chi connectivity index (χ1) is 7.74. The molecule has 0 aliphatic heterocycles. The van der Waals surface area contributed by atoms with Crippen molar-refractivity contribution in [1.29, 1.82) is 0 Å². The Morgan fingerprint density at radius 3 is 2.94 bits per heavy atom. The fraction of sp³-hybridized carbons (Fsp3) is 0.100. The Bertz CT molecular complexity index is 524. The number of rotatable bonds is 2. The van der Waals surface area contributed by atoms with E-state index >= 15 is 0 Å². The van der Waals surface area contributed by atoms with Gasteiger partial charge in [0.1, 0.15) is 0 Å². The molecule has 0 aliphatic rings. The number of esters is 1. The molecule has 16 heavy (non-hydrogen) atoms. The minimum Gasteiger partial charge on any atom is -0.464 e. The van der Waals surface area contributed by atoms with Gasteiger partial charge in [-0.15, -0.1) is 0 Å². The maximum atomic E-state index is 11.4. The third-order valence-electron chi connectivity index (χ3n) is 1.98. The van der Waals surface area contributed by atoms with E-state index in [2.05, 4.69) is 14.8 Å². The van der Waals surface area contributed by atoms with Crippen molar-refractivity contribution in [2.75, 3.05) is 7.11 Å². The van der Waals surface area contributed by atoms with Crippen molar-refractivity contribution in [3.05, 3.63) is 41.3 Å². The molecule has 0 N–H and O–H groups in total. The number of pyridine rings is 1. The smallest absolute Gasteiger partial charge is 0.356 e. The molecule has 2 aromatic rings. The van der Waals surface area contributed by atoms with E-state index in [-0.39, 0.29) is 5.69 Å². The standard InChI is InChI=1S/C10H8ClN3O2/c1-16-10(15)8-4-6-13-14(8)9-7(11)3-2-5-12-9/h2-6H,1H3. The average Bonchev–Trinajstić information content (AvgIpc) is 2.77. The highest BCUT2D eigenvalue weighted by molar-refractivity contribution is 6.32. The molecule has 2 heterocycles. The molecule has 82 valence electrons. The van der Waals surface area contributed by atoms with Crippen LogP contribution in [0, 0.1) is 0 Å². The summed E-state index contributed by atoms with van der Waals surface area (Å²) in [5.41, 5.74) is 0.281. The zero-order valence-electron chi connectivity index (χ0n) is 8.42. The van der Waals surface area contributed by atoms with Crippen LogP contribution in [0.2, 0.25) is 5.02 Å². The van der Waals surface area contributed by atoms with Crippen molar-refractivity contribution in [2.45, 2.75) is 0 Å². The summed E-state index contributed by atoms with van der Waals surface area (Å²) in [5.74, 6) is -0.0891. The van der Waals surface area contributed by atoms with Gasteiger partial charge in [0.15, 0.2) is 11.5 Å². The molecular weight excluding hydrogens is 230 g/mol. The van der Waals surface area contributed by atoms with Gasteiger partial charge >= 0.3 is 5.97 Å². The quantitative estimate of drug-likeness (QED) is 0.746. The molecule has 2 aromatic heterocycles. The Labute approximate surface area is 96.6 Å². The number of halogens is 1. The molecule has 0 saturated carbocycles. The summed E-state index contributed by atoms with van der Waals surface area (Å²) < 4.78 is 5.97. The predicted molar refractivity (Wildman–Crippen MR) is 57.7 cm³/mol. The van der Waals surface area contributed by atoms with E-state index in [9.17, 15) is 4.79 Å². The topological polar surface area (TPSA) is 57.0 Å². The second kappa shape index (κ2) is 4.32. The summed E-state index contributed by atoms with van der Waals surface area (Å²) in [6.07, 6.45) is 3.06. The number of carbonyl (C=O) groups excluding carboxylic acids is 1. The second-order valence-corrected chi connectivity index (χ2v) is 3.34. The van der Waals surface area contributed by atoms with Gasteiger partial charge < -0.3 is 4.74 Å². The molecule has 0 atom stereocenters. The van der Waals surface area contributed by atoms with E-state index in [0.29, 0.717) is 10.8 Å². The number of methoxy groups -OCH3 is 1. The first-order valence-corrected chi connectivity index (χ1v) is 4.85. The molecule has 6 heteroatoms. The highest BCUT2D eigenvalue weighted by atomic mass is 35.5. The summed E-state index contributed by atoms with van der Waals surface area (Å²) in [5, 5.41) is 4.40. The zero-order chi connectivity index (χ0) is 11.5. The number of hydrogen-bond donors (Lipinski definition) is 0. The van der Waals surface area contributed by atoms with Crippen LogP contribution in [0.15, 0.2) is 30.6 Å². The first kappa shape index (κ1) is 10.6. The average molecular weight is 238 g/mol. The molecule has 0 amide bonds. The summed E-state index contributed by atoms with van der Waals surface area (Å²) in [4.78, 5) is 15.5. The van der Waals surface area contributed by atoms with Gasteiger partial charge in [-0.05, 0) is 18.2 Å². The van der Waals surface area contributed by atoms with E-state index in [1.807, 2.05) is 0 Å². The van der Waals surface area contributed by atoms with Crippen molar-refractivity contribution in [3.8, 4) is 5.82 Å². The molecule has 0 fully saturated rings. The van der Waals surface area contributed by atoms with Crippen molar-refractivity contribution in [3.63, 3.8) is 0 Å². The van der Waals surface area contributed by atoms with Crippen LogP contribution < -0.4 is 0 Å². The minimum absolute atomic E-state index is 0.281. The van der Waals surface area contributed by atoms with Crippen molar-refractivity contribution in [1.82, 2.24) is 14.8 Å². The maximum Gasteiger partial charge on any atom is 0.356 e. The lowest BCUT2D eigenvalue weighted by atomic mass is 10.4. The van der Waals surface area contributed by atoms with E-state index < -0.39 is 5.97 Å². The highest BCUT2D eigenvalue weighted by Crippen LogP contribution is 2.18. The van der Waals surface area contributed by atoms with Crippen molar-refractivity contribution in [2.24, 2.45) is 0 Å². The van der Waals surface area contributed by atoms with Crippen LogP contribution in [0.1, 0.15) is 10.5 Å². The van der Waals surface area contributed by atoms with Crippen LogP contribution in [0.3, 0.4) is 0 Å². The maximum absolute atomic E-state index is 11.4. The van der Waals surface area contributed by atoms with E-state index in [1.165, 1.54) is 24.1 Å². The number of carbonyl (C=O) groups is 1. The fourth-order valence-corrected chi connectivity index (χ4v) is 1.47. The zero-order valence-corrected chi connectivity index (χ0v) is 9.18. The van der Waals surface area contributed by atoms with Gasteiger partial charge in [0.2, 0.25) is 0 Å². The number of aromatic nitrogens is 3. The molecule has 2 rings (SSSR count). The Hall–Kier alpha value is -1.88. The van der Waals surface area contributed by atoms with Crippen LogP contribution >= 0.6 is 11.6 Å². The van der Waals surface area contributed by atoms with Crippen LogP contribution in [0.4, 0.5) is 0 Å². The molecule has 0 bridgehead atoms. The van der Waals surface area contributed by atoms with E-state index in [4.69, 9.17) is 11.6 Å². The second-order valence-electron chi connectivity index (χ2n) is 2.93. The number of hydrogen-bond acceptors (Lipinski definition) is 4. The largest absolute Gasteiger partial charge is 0.464 e. The molecule has 0 unspecified atom stereocenters. The number of nitrogens with zero attached hydrogens (tertiary/aromatic N) is 3. The fourth-order valence-electron chi connectivity index (χ4n) is 1.26. The van der Waals surface area contributed by atoms with Gasteiger partial charge in [-0.2, -0.15) is 5.10 Å². The lowest BCUT2D eigenvalue weighted by molar-refractivity contribution is 0.0590. The van der Waals surface area contributed by atoms with Crippen LogP contribution in [-0.4, -0.2) is 27.8 Å². The van der Waals surface area contributed by atoms with E-state index in [1.54, 1.807) is 18.3 Å². The van der Waals surface area contributed by atoms with Gasteiger partial charge in [0, 0.05) is 6.20 Å². The lowest BCUT2D eigenvalue weighted by Gasteiger charge is -2.05. The van der Waals surface area contributed by atoms with Gasteiger partial charge in [-0.25, -0.2) is 14.5 Å². The SMILES string of the molecule is COC(=O)c1ccnn1-c1ncccc1Cl. The molecule has 0 saturated heterocycles. The van der Waals surface area contributed by atoms with Crippen LogP contribution in [-0.2, 0) is 4.74 Å². The van der Waals surface area contributed by atoms with Crippen LogP contribution in [0.5, 0.6) is 0 Å². The summed E-state index contributed by atoms with van der Waals surface area (Å²) >= 11 is 5.96. The monoisotopic (exact) mass is 237 g/mol. The molecule has 0 aromatic carbocycles. The predicted octanol–water partition coefficient (Wildman–Crippen LogP) is 1.71. The third kappa shape index (κ3) is 1.77. The normalized spacial score (nSPS) is 10.1. The molecular formula is C10H8ClN3O2. The van der Waals surface area contributed by atoms with Crippen LogP contribution in [0.25, 0.3) is 5.82 Å².